The van der Waals surface area contributed by atoms with Crippen LogP contribution in [0.15, 0.2) is 18.2 Å². The van der Waals surface area contributed by atoms with Crippen molar-refractivity contribution >= 4 is 17.7 Å². The molecule has 7 nitrogen and oxygen atoms in total. The molecule has 0 saturated carbocycles. The van der Waals surface area contributed by atoms with Crippen LogP contribution in [0.1, 0.15) is 56.8 Å². The summed E-state index contributed by atoms with van der Waals surface area (Å²) in [5, 5.41) is 1.91. The molecule has 2 heterocycles. The molecule has 0 aliphatic carbocycles. The van der Waals surface area contributed by atoms with Crippen molar-refractivity contribution in [1.82, 2.24) is 15.3 Å². The highest BCUT2D eigenvalue weighted by molar-refractivity contribution is 6.22. The number of carbonyl (C=O) groups is 3. The average Bonchev–Trinajstić information content (AvgIpc) is 2.87. The van der Waals surface area contributed by atoms with E-state index in [2.05, 4.69) is 5.43 Å². The molecule has 25 heavy (non-hydrogen) atoms. The van der Waals surface area contributed by atoms with E-state index in [4.69, 9.17) is 4.74 Å². The van der Waals surface area contributed by atoms with E-state index in [0.717, 1.165) is 25.9 Å². The quantitative estimate of drug-likeness (QED) is 0.624. The van der Waals surface area contributed by atoms with Crippen LogP contribution < -0.4 is 5.43 Å². The minimum absolute atomic E-state index is 0.247. The molecule has 1 N–H and O–H groups in total. The fourth-order valence-electron chi connectivity index (χ4n) is 3.22. The van der Waals surface area contributed by atoms with Gasteiger partial charge in [0.1, 0.15) is 0 Å². The van der Waals surface area contributed by atoms with Gasteiger partial charge in [-0.25, -0.2) is 5.01 Å². The van der Waals surface area contributed by atoms with Gasteiger partial charge in [-0.05, 0) is 37.5 Å². The molecule has 0 aromatic heterocycles. The Morgan fingerprint density at radius 1 is 1.12 bits per heavy atom. The number of ether oxygens (including phenoxy) is 1. The number of hydrogen-bond donors (Lipinski definition) is 1. The van der Waals surface area contributed by atoms with E-state index >= 15 is 0 Å². The van der Waals surface area contributed by atoms with Crippen LogP contribution in [0.4, 0.5) is 0 Å². The van der Waals surface area contributed by atoms with Crippen molar-refractivity contribution in [3.05, 3.63) is 34.9 Å². The summed E-state index contributed by atoms with van der Waals surface area (Å²) < 4.78 is 4.97. The lowest BCUT2D eigenvalue weighted by molar-refractivity contribution is 0.0638. The number of rotatable bonds is 6. The zero-order valence-corrected chi connectivity index (χ0v) is 14.4. The van der Waals surface area contributed by atoms with Crippen molar-refractivity contribution < 1.29 is 19.1 Å². The van der Waals surface area contributed by atoms with Gasteiger partial charge in [0.15, 0.2) is 0 Å². The number of amides is 3. The summed E-state index contributed by atoms with van der Waals surface area (Å²) in [5.74, 6) is -0.898. The number of imide groups is 1. The molecule has 0 radical (unpaired) electrons. The Hall–Kier alpha value is -2.25. The molecule has 1 aromatic rings. The molecule has 134 valence electrons. The zero-order valence-electron chi connectivity index (χ0n) is 14.4. The highest BCUT2D eigenvalue weighted by Gasteiger charge is 2.35. The summed E-state index contributed by atoms with van der Waals surface area (Å²) in [7, 11) is 1.58. The van der Waals surface area contributed by atoms with Crippen molar-refractivity contribution in [3.8, 4) is 0 Å². The Balaban J connectivity index is 1.71. The smallest absolute Gasteiger partial charge is 0.265 e. The average molecular weight is 345 g/mol. The molecule has 0 atom stereocenters. The molecule has 1 saturated heterocycles. The van der Waals surface area contributed by atoms with Crippen LogP contribution in [-0.2, 0) is 4.74 Å². The second-order valence-electron chi connectivity index (χ2n) is 6.36. The molecule has 1 fully saturated rings. The second-order valence-corrected chi connectivity index (χ2v) is 6.36. The van der Waals surface area contributed by atoms with Crippen molar-refractivity contribution in [1.29, 1.82) is 0 Å². The van der Waals surface area contributed by atoms with Crippen LogP contribution in [0.3, 0.4) is 0 Å². The summed E-state index contributed by atoms with van der Waals surface area (Å²) in [5.41, 5.74) is 3.92. The number of methoxy groups -OCH3 is 1. The minimum atomic E-state index is -0.344. The third-order valence-electron chi connectivity index (χ3n) is 4.58. The third kappa shape index (κ3) is 3.72. The topological polar surface area (TPSA) is 79.0 Å². The fourth-order valence-corrected chi connectivity index (χ4v) is 3.22. The monoisotopic (exact) mass is 345 g/mol. The van der Waals surface area contributed by atoms with E-state index in [0.29, 0.717) is 36.3 Å². The molecule has 3 amide bonds. The molecule has 0 spiro atoms. The summed E-state index contributed by atoms with van der Waals surface area (Å²) in [6.07, 6.45) is 3.90. The normalized spacial score (nSPS) is 17.7. The van der Waals surface area contributed by atoms with Crippen LogP contribution in [0.2, 0.25) is 0 Å². The predicted molar refractivity (Wildman–Crippen MR) is 91.2 cm³/mol. The Morgan fingerprint density at radius 2 is 1.84 bits per heavy atom. The lowest BCUT2D eigenvalue weighted by Crippen LogP contribution is -2.45. The Labute approximate surface area is 146 Å². The first-order valence-corrected chi connectivity index (χ1v) is 8.67. The summed E-state index contributed by atoms with van der Waals surface area (Å²) in [6.45, 7) is 2.47. The third-order valence-corrected chi connectivity index (χ3v) is 4.58. The number of nitrogens with one attached hydrogen (secondary N) is 1. The van der Waals surface area contributed by atoms with E-state index in [1.807, 2.05) is 5.01 Å². The number of fused-ring (bicyclic) bond motifs is 1. The maximum atomic E-state index is 12.5. The number of piperidine rings is 1. The maximum absolute atomic E-state index is 12.5. The zero-order chi connectivity index (χ0) is 17.8. The van der Waals surface area contributed by atoms with Gasteiger partial charge in [0.05, 0.1) is 11.1 Å². The lowest BCUT2D eigenvalue weighted by Gasteiger charge is -2.26. The van der Waals surface area contributed by atoms with Gasteiger partial charge in [-0.3, -0.25) is 24.7 Å². The number of hydrogen-bond acceptors (Lipinski definition) is 5. The molecule has 0 unspecified atom stereocenters. The first-order valence-electron chi connectivity index (χ1n) is 8.67. The van der Waals surface area contributed by atoms with Gasteiger partial charge in [0.2, 0.25) is 0 Å². The first-order chi connectivity index (χ1) is 12.1. The fraction of sp³-hybridized carbons (Fsp3) is 0.500. The molecule has 0 bridgehead atoms. The molecular weight excluding hydrogens is 322 g/mol. The minimum Gasteiger partial charge on any atom is -0.385 e. The van der Waals surface area contributed by atoms with Crippen molar-refractivity contribution in [2.75, 3.05) is 33.4 Å². The largest absolute Gasteiger partial charge is 0.385 e. The van der Waals surface area contributed by atoms with Gasteiger partial charge < -0.3 is 4.74 Å². The summed E-state index contributed by atoms with van der Waals surface area (Å²) in [4.78, 5) is 38.5. The van der Waals surface area contributed by atoms with Crippen LogP contribution in [0.5, 0.6) is 0 Å². The van der Waals surface area contributed by atoms with E-state index in [1.165, 1.54) is 17.4 Å². The van der Waals surface area contributed by atoms with Crippen LogP contribution in [0.25, 0.3) is 0 Å². The van der Waals surface area contributed by atoms with Gasteiger partial charge in [-0.15, -0.1) is 0 Å². The van der Waals surface area contributed by atoms with E-state index in [-0.39, 0.29) is 17.7 Å². The predicted octanol–water partition coefficient (Wildman–Crippen LogP) is 1.45. The Kier molecular flexibility index (Phi) is 5.45. The molecule has 1 aromatic carbocycles. The number of nitrogens with zero attached hydrogens (tertiary/aromatic N) is 2. The summed E-state index contributed by atoms with van der Waals surface area (Å²) in [6, 6.07) is 4.68. The molecular formula is C18H23N3O4. The van der Waals surface area contributed by atoms with Gasteiger partial charge in [-0.1, -0.05) is 6.42 Å². The van der Waals surface area contributed by atoms with Crippen LogP contribution in [-0.4, -0.2) is 61.0 Å². The second kappa shape index (κ2) is 7.76. The van der Waals surface area contributed by atoms with Gasteiger partial charge in [-0.2, -0.15) is 0 Å². The van der Waals surface area contributed by atoms with Gasteiger partial charge in [0.25, 0.3) is 17.7 Å². The molecule has 2 aliphatic rings. The maximum Gasteiger partial charge on any atom is 0.265 e. The number of hydrazine groups is 1. The number of carbonyl (C=O) groups excluding carboxylic acids is 3. The lowest BCUT2D eigenvalue weighted by atomic mass is 10.1. The molecule has 2 aliphatic heterocycles. The van der Waals surface area contributed by atoms with Gasteiger partial charge in [0, 0.05) is 38.9 Å². The van der Waals surface area contributed by atoms with Crippen LogP contribution in [0, 0.1) is 0 Å². The SMILES string of the molecule is COCCCN1C(=O)c2ccc(C(=O)NN3CCCCC3)cc2C1=O. The summed E-state index contributed by atoms with van der Waals surface area (Å²) >= 11 is 0. The van der Waals surface area contributed by atoms with E-state index in [9.17, 15) is 14.4 Å². The van der Waals surface area contributed by atoms with E-state index in [1.54, 1.807) is 19.2 Å². The van der Waals surface area contributed by atoms with Crippen molar-refractivity contribution in [2.24, 2.45) is 0 Å². The standard InChI is InChI=1S/C18H23N3O4/c1-25-11-5-10-21-17(23)14-7-6-13(12-15(14)18(21)24)16(22)19-20-8-3-2-4-9-20/h6-7,12H,2-5,8-11H2,1H3,(H,19,22). The van der Waals surface area contributed by atoms with Crippen molar-refractivity contribution in [2.45, 2.75) is 25.7 Å². The molecule has 7 heteroatoms. The Morgan fingerprint density at radius 3 is 2.56 bits per heavy atom. The number of benzene rings is 1. The van der Waals surface area contributed by atoms with Crippen LogP contribution >= 0.6 is 0 Å². The first kappa shape index (κ1) is 17.6. The Bertz CT molecular complexity index is 683. The molecule has 3 rings (SSSR count). The van der Waals surface area contributed by atoms with Gasteiger partial charge >= 0.3 is 0 Å². The highest BCUT2D eigenvalue weighted by atomic mass is 16.5. The highest BCUT2D eigenvalue weighted by Crippen LogP contribution is 2.24. The van der Waals surface area contributed by atoms with E-state index < -0.39 is 0 Å². The van der Waals surface area contributed by atoms with Crippen molar-refractivity contribution in [3.63, 3.8) is 0 Å².